The van der Waals surface area contributed by atoms with Crippen LogP contribution in [0.4, 0.5) is 5.69 Å². The summed E-state index contributed by atoms with van der Waals surface area (Å²) in [5.74, 6) is 0.840. The summed E-state index contributed by atoms with van der Waals surface area (Å²) in [6, 6.07) is 12.8. The number of rotatable bonds is 2. The van der Waals surface area contributed by atoms with Gasteiger partial charge in [-0.25, -0.2) is 0 Å². The van der Waals surface area contributed by atoms with Gasteiger partial charge in [-0.1, -0.05) is 35.7 Å². The first-order chi connectivity index (χ1) is 13.3. The second kappa shape index (κ2) is 7.26. The Kier molecular flexibility index (Phi) is 4.63. The molecule has 1 saturated heterocycles. The maximum Gasteiger partial charge on any atom is 0.162 e. The van der Waals surface area contributed by atoms with E-state index in [2.05, 4.69) is 41.3 Å². The largest absolute Gasteiger partial charge is 0.492 e. The number of hydrogen-bond donors (Lipinski definition) is 0. The highest BCUT2D eigenvalue weighted by atomic mass is 32.2. The third-order valence-electron chi connectivity index (χ3n) is 4.88. The summed E-state index contributed by atoms with van der Waals surface area (Å²) >= 11 is 3.56. The molecule has 0 unspecified atom stereocenters. The molecule has 2 aromatic carbocycles. The molecule has 0 spiro atoms. The summed E-state index contributed by atoms with van der Waals surface area (Å²) < 4.78 is 11.5. The van der Waals surface area contributed by atoms with Crippen LogP contribution in [-0.2, 0) is 14.3 Å². The first-order valence-electron chi connectivity index (χ1n) is 9.12. The molecule has 1 fully saturated rings. The zero-order valence-electron chi connectivity index (χ0n) is 14.8. The number of allylic oxidation sites excluding steroid dienone is 1. The number of fused-ring (bicyclic) bond motifs is 2. The lowest BCUT2D eigenvalue weighted by atomic mass is 10.1. The highest BCUT2D eigenvalue weighted by Gasteiger charge is 2.28. The minimum absolute atomic E-state index is 0.135. The summed E-state index contributed by atoms with van der Waals surface area (Å²) in [6.45, 7) is 3.59. The monoisotopic (exact) mass is 397 g/mol. The molecule has 0 aromatic heterocycles. The van der Waals surface area contributed by atoms with E-state index in [-0.39, 0.29) is 5.78 Å². The Morgan fingerprint density at radius 1 is 0.889 bits per heavy atom. The van der Waals surface area contributed by atoms with Crippen molar-refractivity contribution in [2.24, 2.45) is 0 Å². The summed E-state index contributed by atoms with van der Waals surface area (Å²) in [7, 11) is 0. The highest BCUT2D eigenvalue weighted by molar-refractivity contribution is 8.05. The topological polar surface area (TPSA) is 38.8 Å². The lowest BCUT2D eigenvalue weighted by molar-refractivity contribution is -0.115. The van der Waals surface area contributed by atoms with E-state index >= 15 is 0 Å². The number of hydrogen-bond acceptors (Lipinski definition) is 6. The van der Waals surface area contributed by atoms with Crippen LogP contribution in [0, 0.1) is 0 Å². The van der Waals surface area contributed by atoms with Gasteiger partial charge in [-0.15, -0.1) is 0 Å². The smallest absolute Gasteiger partial charge is 0.162 e. The van der Waals surface area contributed by atoms with Gasteiger partial charge >= 0.3 is 0 Å². The molecule has 3 heterocycles. The van der Waals surface area contributed by atoms with E-state index in [1.165, 1.54) is 19.6 Å². The molecular formula is C21H19NO3S2. The fourth-order valence-electron chi connectivity index (χ4n) is 3.55. The van der Waals surface area contributed by atoms with Gasteiger partial charge in [0, 0.05) is 50.9 Å². The Hall–Kier alpha value is -1.89. The molecule has 0 saturated carbocycles. The molecule has 3 aliphatic heterocycles. The quantitative estimate of drug-likeness (QED) is 0.635. The Bertz CT molecular complexity index is 935. The van der Waals surface area contributed by atoms with Crippen LogP contribution in [0.1, 0.15) is 12.0 Å². The predicted octanol–water partition coefficient (Wildman–Crippen LogP) is 4.47. The van der Waals surface area contributed by atoms with Crippen LogP contribution in [0.25, 0.3) is 5.76 Å². The summed E-state index contributed by atoms with van der Waals surface area (Å²) in [5.41, 5.74) is 2.18. The molecule has 138 valence electrons. The second-order valence-electron chi connectivity index (χ2n) is 6.61. The van der Waals surface area contributed by atoms with Crippen LogP contribution < -0.4 is 4.90 Å². The van der Waals surface area contributed by atoms with E-state index in [0.29, 0.717) is 18.8 Å². The molecular weight excluding hydrogens is 378 g/mol. The molecule has 0 amide bonds. The summed E-state index contributed by atoms with van der Waals surface area (Å²) in [6.07, 6.45) is 2.13. The van der Waals surface area contributed by atoms with Crippen LogP contribution in [0.5, 0.6) is 0 Å². The van der Waals surface area contributed by atoms with Crippen molar-refractivity contribution in [1.82, 2.24) is 0 Å². The van der Waals surface area contributed by atoms with Gasteiger partial charge < -0.3 is 14.4 Å². The first kappa shape index (κ1) is 17.2. The van der Waals surface area contributed by atoms with Crippen molar-refractivity contribution < 1.29 is 14.3 Å². The van der Waals surface area contributed by atoms with E-state index in [9.17, 15) is 4.79 Å². The lowest BCUT2D eigenvalue weighted by Gasteiger charge is -2.33. The second-order valence-corrected chi connectivity index (χ2v) is 8.75. The number of ketones is 1. The maximum absolute atomic E-state index is 12.1. The van der Waals surface area contributed by atoms with Gasteiger partial charge in [0.15, 0.2) is 5.78 Å². The first-order valence-corrected chi connectivity index (χ1v) is 10.7. The summed E-state index contributed by atoms with van der Waals surface area (Å²) in [4.78, 5) is 19.4. The molecule has 6 heteroatoms. The minimum atomic E-state index is 0.135. The average molecular weight is 398 g/mol. The molecule has 4 nitrogen and oxygen atoms in total. The van der Waals surface area contributed by atoms with Crippen LogP contribution in [-0.4, -0.2) is 38.7 Å². The minimum Gasteiger partial charge on any atom is -0.492 e. The number of benzene rings is 2. The third kappa shape index (κ3) is 3.26. The standard InChI is InChI=1S/C21H19NO3S2/c23-14-7-10-25-16(13-14)20-15(22-8-11-24-12-9-22)5-6-19-21(20)27-18-4-2-1-3-17(18)26-19/h1-6,13H,7-12H2. The summed E-state index contributed by atoms with van der Waals surface area (Å²) in [5, 5.41) is 0. The van der Waals surface area contributed by atoms with E-state index in [1.54, 1.807) is 29.6 Å². The van der Waals surface area contributed by atoms with E-state index in [4.69, 9.17) is 9.47 Å². The fraction of sp³-hybridized carbons (Fsp3) is 0.286. The van der Waals surface area contributed by atoms with E-state index in [1.807, 2.05) is 0 Å². The zero-order chi connectivity index (χ0) is 18.2. The van der Waals surface area contributed by atoms with Gasteiger partial charge in [-0.2, -0.15) is 0 Å². The van der Waals surface area contributed by atoms with Gasteiger partial charge in [0.1, 0.15) is 5.76 Å². The number of ether oxygens (including phenoxy) is 2. The zero-order valence-corrected chi connectivity index (χ0v) is 16.4. The maximum atomic E-state index is 12.1. The average Bonchev–Trinajstić information content (AvgIpc) is 2.72. The van der Waals surface area contributed by atoms with Crippen LogP contribution in [0.2, 0.25) is 0 Å². The SMILES string of the molecule is O=C1C=C(c2c(N3CCOCC3)ccc3c2Sc2ccccc2S3)OCC1. The van der Waals surface area contributed by atoms with Gasteiger partial charge in [-0.3, -0.25) is 4.79 Å². The van der Waals surface area contributed by atoms with E-state index in [0.717, 1.165) is 37.6 Å². The molecule has 0 N–H and O–H groups in total. The number of anilines is 1. The molecule has 27 heavy (non-hydrogen) atoms. The number of morpholine rings is 1. The van der Waals surface area contributed by atoms with Gasteiger partial charge in [0.25, 0.3) is 0 Å². The number of carbonyl (C=O) groups excluding carboxylic acids is 1. The molecule has 0 atom stereocenters. The fourth-order valence-corrected chi connectivity index (χ4v) is 5.95. The van der Waals surface area contributed by atoms with Crippen molar-refractivity contribution in [3.63, 3.8) is 0 Å². The van der Waals surface area contributed by atoms with Crippen LogP contribution in [0.15, 0.2) is 62.1 Å². The van der Waals surface area contributed by atoms with E-state index < -0.39 is 0 Å². The van der Waals surface area contributed by atoms with Crippen molar-refractivity contribution in [3.8, 4) is 0 Å². The van der Waals surface area contributed by atoms with Crippen molar-refractivity contribution in [2.45, 2.75) is 26.0 Å². The van der Waals surface area contributed by atoms with Crippen LogP contribution >= 0.6 is 23.5 Å². The van der Waals surface area contributed by atoms with Crippen molar-refractivity contribution in [2.75, 3.05) is 37.8 Å². The normalized spacial score (nSPS) is 19.0. The van der Waals surface area contributed by atoms with Gasteiger partial charge in [-0.05, 0) is 24.3 Å². The Labute approximate surface area is 166 Å². The third-order valence-corrected chi connectivity index (χ3v) is 7.48. The highest BCUT2D eigenvalue weighted by Crippen LogP contribution is 2.53. The molecule has 2 aromatic rings. The number of nitrogens with zero attached hydrogens (tertiary/aromatic N) is 1. The molecule has 0 bridgehead atoms. The Morgan fingerprint density at radius 3 is 2.44 bits per heavy atom. The molecule has 0 radical (unpaired) electrons. The molecule has 3 aliphatic rings. The molecule has 0 aliphatic carbocycles. The van der Waals surface area contributed by atoms with Crippen molar-refractivity contribution >= 4 is 40.8 Å². The number of carbonyl (C=O) groups is 1. The molecule has 5 rings (SSSR count). The Morgan fingerprint density at radius 2 is 1.67 bits per heavy atom. The van der Waals surface area contributed by atoms with Crippen molar-refractivity contribution in [3.05, 3.63) is 48.0 Å². The predicted molar refractivity (Wildman–Crippen MR) is 108 cm³/mol. The van der Waals surface area contributed by atoms with Crippen LogP contribution in [0.3, 0.4) is 0 Å². The lowest BCUT2D eigenvalue weighted by Crippen LogP contribution is -2.37. The van der Waals surface area contributed by atoms with Crippen molar-refractivity contribution in [1.29, 1.82) is 0 Å². The van der Waals surface area contributed by atoms with Gasteiger partial charge in [0.05, 0.1) is 25.4 Å². The van der Waals surface area contributed by atoms with Gasteiger partial charge in [0.2, 0.25) is 0 Å². The Balaban J connectivity index is 1.66.